The second-order valence-electron chi connectivity index (χ2n) is 3.56. The molecule has 16 heavy (non-hydrogen) atoms. The van der Waals surface area contributed by atoms with Gasteiger partial charge in [0, 0.05) is 5.56 Å². The predicted octanol–water partition coefficient (Wildman–Crippen LogP) is 3.15. The third-order valence-electron chi connectivity index (χ3n) is 2.45. The average Bonchev–Trinajstić information content (AvgIpc) is 2.72. The van der Waals surface area contributed by atoms with Crippen LogP contribution in [-0.4, -0.2) is 12.4 Å². The van der Waals surface area contributed by atoms with Crippen LogP contribution >= 0.6 is 15.9 Å². The van der Waals surface area contributed by atoms with Crippen molar-refractivity contribution in [3.8, 4) is 5.75 Å². The van der Waals surface area contributed by atoms with Crippen LogP contribution in [0.5, 0.6) is 5.75 Å². The van der Waals surface area contributed by atoms with Gasteiger partial charge in [0.25, 0.3) is 5.79 Å². The molecule has 1 aromatic carbocycles. The first kappa shape index (κ1) is 11.3. The van der Waals surface area contributed by atoms with Gasteiger partial charge in [-0.25, -0.2) is 0 Å². The molecule has 86 valence electrons. The van der Waals surface area contributed by atoms with Crippen LogP contribution in [0.25, 0.3) is 0 Å². The molecule has 0 spiro atoms. The first-order valence-corrected chi connectivity index (χ1v) is 6.06. The SMILES string of the molecule is COc1ccc([C@@]2(CBr)OC=C(C)O2)cc1. The Morgan fingerprint density at radius 3 is 2.44 bits per heavy atom. The molecule has 1 aliphatic rings. The first-order valence-electron chi connectivity index (χ1n) is 4.94. The standard InChI is InChI=1S/C12H13BrO3/c1-9-7-15-12(8-13,16-9)10-3-5-11(14-2)6-4-10/h3-7H,8H2,1-2H3/t12-/m0/s1. The maximum Gasteiger partial charge on any atom is 0.286 e. The van der Waals surface area contributed by atoms with Crippen molar-refractivity contribution in [2.75, 3.05) is 12.4 Å². The lowest BCUT2D eigenvalue weighted by Crippen LogP contribution is -2.29. The van der Waals surface area contributed by atoms with Gasteiger partial charge in [0.2, 0.25) is 0 Å². The van der Waals surface area contributed by atoms with E-state index in [0.29, 0.717) is 5.33 Å². The zero-order chi connectivity index (χ0) is 11.6. The van der Waals surface area contributed by atoms with E-state index in [2.05, 4.69) is 15.9 Å². The Morgan fingerprint density at radius 2 is 2.00 bits per heavy atom. The monoisotopic (exact) mass is 284 g/mol. The van der Waals surface area contributed by atoms with Crippen molar-refractivity contribution in [1.82, 2.24) is 0 Å². The summed E-state index contributed by atoms with van der Waals surface area (Å²) >= 11 is 3.42. The van der Waals surface area contributed by atoms with E-state index in [4.69, 9.17) is 14.2 Å². The molecule has 0 saturated heterocycles. The number of benzene rings is 1. The highest BCUT2D eigenvalue weighted by atomic mass is 79.9. The van der Waals surface area contributed by atoms with Crippen molar-refractivity contribution >= 4 is 15.9 Å². The molecule has 0 bridgehead atoms. The molecule has 1 heterocycles. The number of hydrogen-bond acceptors (Lipinski definition) is 3. The van der Waals surface area contributed by atoms with Gasteiger partial charge in [-0.15, -0.1) is 0 Å². The van der Waals surface area contributed by atoms with Crippen LogP contribution in [0.4, 0.5) is 0 Å². The molecule has 4 heteroatoms. The van der Waals surface area contributed by atoms with Gasteiger partial charge < -0.3 is 14.2 Å². The Balaban J connectivity index is 2.27. The number of alkyl halides is 1. The molecule has 0 N–H and O–H groups in total. The van der Waals surface area contributed by atoms with Crippen molar-refractivity contribution in [3.05, 3.63) is 41.9 Å². The van der Waals surface area contributed by atoms with Crippen molar-refractivity contribution in [3.63, 3.8) is 0 Å². The molecule has 1 atom stereocenters. The summed E-state index contributed by atoms with van der Waals surface area (Å²) in [6, 6.07) is 7.65. The van der Waals surface area contributed by atoms with E-state index in [1.54, 1.807) is 13.4 Å². The van der Waals surface area contributed by atoms with Gasteiger partial charge in [0.05, 0.1) is 12.4 Å². The maximum absolute atomic E-state index is 5.71. The molecule has 0 amide bonds. The summed E-state index contributed by atoms with van der Waals surface area (Å²) in [6.45, 7) is 1.87. The second kappa shape index (κ2) is 4.37. The largest absolute Gasteiger partial charge is 0.497 e. The lowest BCUT2D eigenvalue weighted by atomic mass is 10.1. The van der Waals surface area contributed by atoms with Crippen molar-refractivity contribution in [2.24, 2.45) is 0 Å². The van der Waals surface area contributed by atoms with E-state index < -0.39 is 5.79 Å². The highest BCUT2D eigenvalue weighted by Gasteiger charge is 2.38. The molecule has 3 nitrogen and oxygen atoms in total. The Bertz CT molecular complexity index is 399. The van der Waals surface area contributed by atoms with Gasteiger partial charge in [-0.3, -0.25) is 0 Å². The smallest absolute Gasteiger partial charge is 0.286 e. The number of rotatable bonds is 3. The van der Waals surface area contributed by atoms with E-state index in [1.807, 2.05) is 31.2 Å². The quantitative estimate of drug-likeness (QED) is 0.798. The average molecular weight is 285 g/mol. The van der Waals surface area contributed by atoms with Crippen LogP contribution in [0.1, 0.15) is 12.5 Å². The van der Waals surface area contributed by atoms with Crippen LogP contribution < -0.4 is 4.74 Å². The molecule has 0 saturated carbocycles. The summed E-state index contributed by atoms with van der Waals surface area (Å²) in [6.07, 6.45) is 1.63. The highest BCUT2D eigenvalue weighted by Crippen LogP contribution is 2.37. The lowest BCUT2D eigenvalue weighted by molar-refractivity contribution is -0.134. The molecule has 1 aromatic rings. The van der Waals surface area contributed by atoms with Crippen LogP contribution in [0.15, 0.2) is 36.3 Å². The molecule has 2 rings (SSSR count). The zero-order valence-electron chi connectivity index (χ0n) is 9.20. The molecule has 1 aliphatic heterocycles. The van der Waals surface area contributed by atoms with E-state index in [-0.39, 0.29) is 0 Å². The summed E-state index contributed by atoms with van der Waals surface area (Å²) in [5, 5.41) is 0.570. The zero-order valence-corrected chi connectivity index (χ0v) is 10.8. The molecular formula is C12H13BrO3. The van der Waals surface area contributed by atoms with Gasteiger partial charge in [-0.2, -0.15) is 0 Å². The minimum Gasteiger partial charge on any atom is -0.497 e. The van der Waals surface area contributed by atoms with Crippen LogP contribution in [0.3, 0.4) is 0 Å². The number of ether oxygens (including phenoxy) is 3. The third-order valence-corrected chi connectivity index (χ3v) is 3.19. The molecule has 0 fully saturated rings. The fourth-order valence-electron chi connectivity index (χ4n) is 1.59. The van der Waals surface area contributed by atoms with Crippen LogP contribution in [0, 0.1) is 0 Å². The number of halogens is 1. The number of methoxy groups -OCH3 is 1. The molecule has 0 unspecified atom stereocenters. The highest BCUT2D eigenvalue weighted by molar-refractivity contribution is 9.09. The van der Waals surface area contributed by atoms with Gasteiger partial charge in [0.15, 0.2) is 0 Å². The van der Waals surface area contributed by atoms with Gasteiger partial charge in [-0.1, -0.05) is 15.9 Å². The fourth-order valence-corrected chi connectivity index (χ4v) is 2.16. The van der Waals surface area contributed by atoms with Crippen molar-refractivity contribution < 1.29 is 14.2 Å². The molecular weight excluding hydrogens is 272 g/mol. The summed E-state index contributed by atoms with van der Waals surface area (Å²) < 4.78 is 16.4. The molecule has 0 radical (unpaired) electrons. The normalized spacial score (nSPS) is 23.3. The Labute approximate surface area is 103 Å². The van der Waals surface area contributed by atoms with Crippen LogP contribution in [0.2, 0.25) is 0 Å². The summed E-state index contributed by atoms with van der Waals surface area (Å²) in [4.78, 5) is 0. The summed E-state index contributed by atoms with van der Waals surface area (Å²) in [5.74, 6) is 0.850. The predicted molar refractivity (Wildman–Crippen MR) is 64.4 cm³/mol. The minimum atomic E-state index is -0.740. The topological polar surface area (TPSA) is 27.7 Å². The summed E-state index contributed by atoms with van der Waals surface area (Å²) in [5.41, 5.74) is 0.957. The Morgan fingerprint density at radius 1 is 1.31 bits per heavy atom. The first-order chi connectivity index (χ1) is 7.70. The van der Waals surface area contributed by atoms with Gasteiger partial charge in [-0.05, 0) is 31.2 Å². The number of allylic oxidation sites excluding steroid dienone is 1. The Hall–Kier alpha value is -1.16. The van der Waals surface area contributed by atoms with E-state index >= 15 is 0 Å². The van der Waals surface area contributed by atoms with E-state index in [0.717, 1.165) is 17.1 Å². The maximum atomic E-state index is 5.71. The second-order valence-corrected chi connectivity index (χ2v) is 4.12. The van der Waals surface area contributed by atoms with Crippen molar-refractivity contribution in [2.45, 2.75) is 12.7 Å². The van der Waals surface area contributed by atoms with E-state index in [9.17, 15) is 0 Å². The van der Waals surface area contributed by atoms with Gasteiger partial charge >= 0.3 is 0 Å². The van der Waals surface area contributed by atoms with Crippen molar-refractivity contribution in [1.29, 1.82) is 0 Å². The fraction of sp³-hybridized carbons (Fsp3) is 0.333. The number of hydrogen-bond donors (Lipinski definition) is 0. The molecule has 0 aliphatic carbocycles. The van der Waals surface area contributed by atoms with E-state index in [1.165, 1.54) is 0 Å². The minimum absolute atomic E-state index is 0.570. The third kappa shape index (κ3) is 1.89. The Kier molecular flexibility index (Phi) is 3.10. The van der Waals surface area contributed by atoms with Crippen LogP contribution in [-0.2, 0) is 15.3 Å². The molecule has 0 aromatic heterocycles. The van der Waals surface area contributed by atoms with Gasteiger partial charge in [0.1, 0.15) is 17.8 Å². The summed E-state index contributed by atoms with van der Waals surface area (Å²) in [7, 11) is 1.64. The lowest BCUT2D eigenvalue weighted by Gasteiger charge is -2.26.